The summed E-state index contributed by atoms with van der Waals surface area (Å²) in [6.07, 6.45) is 0.746. The molecule has 0 saturated heterocycles. The lowest BCUT2D eigenvalue weighted by Crippen LogP contribution is -2.45. The molecule has 0 N–H and O–H groups in total. The van der Waals surface area contributed by atoms with E-state index < -0.39 is 10.0 Å². The van der Waals surface area contributed by atoms with Crippen molar-refractivity contribution in [1.82, 2.24) is 0 Å². The van der Waals surface area contributed by atoms with Crippen LogP contribution < -0.4 is 9.21 Å². The van der Waals surface area contributed by atoms with E-state index in [4.69, 9.17) is 11.6 Å². The quantitative estimate of drug-likeness (QED) is 0.555. The van der Waals surface area contributed by atoms with E-state index in [0.717, 1.165) is 23.2 Å². The largest absolute Gasteiger partial charge is 0.307 e. The number of hydrogen-bond acceptors (Lipinski definition) is 3. The van der Waals surface area contributed by atoms with Crippen LogP contribution in [0.3, 0.4) is 0 Å². The first-order valence-electron chi connectivity index (χ1n) is 10.0. The van der Waals surface area contributed by atoms with Gasteiger partial charge in [-0.05, 0) is 73.9 Å². The Morgan fingerprint density at radius 1 is 1.06 bits per heavy atom. The second kappa shape index (κ2) is 8.36. The van der Waals surface area contributed by atoms with Crippen molar-refractivity contribution >= 4 is 38.9 Å². The number of halogens is 1. The van der Waals surface area contributed by atoms with Gasteiger partial charge in [-0.3, -0.25) is 9.10 Å². The third-order valence-corrected chi connectivity index (χ3v) is 7.49. The number of carbonyl (C=O) groups is 1. The van der Waals surface area contributed by atoms with Crippen molar-refractivity contribution in [2.45, 2.75) is 31.2 Å². The molecule has 5 nitrogen and oxygen atoms in total. The topological polar surface area (TPSA) is 57.7 Å². The SMILES string of the molecule is Cc1cccc(N(CC(=O)N2c3ccccc3C[C@H]2C)S(=O)(=O)c2ccc(Cl)cc2)c1. The fourth-order valence-corrected chi connectivity index (χ4v) is 5.51. The van der Waals surface area contributed by atoms with Crippen LogP contribution in [0.25, 0.3) is 0 Å². The smallest absolute Gasteiger partial charge is 0.264 e. The Morgan fingerprint density at radius 3 is 2.48 bits per heavy atom. The van der Waals surface area contributed by atoms with E-state index in [-0.39, 0.29) is 23.4 Å². The molecule has 1 amide bonds. The second-order valence-corrected chi connectivity index (χ2v) is 10.0. The summed E-state index contributed by atoms with van der Waals surface area (Å²) in [6.45, 7) is 3.56. The monoisotopic (exact) mass is 454 g/mol. The lowest BCUT2D eigenvalue weighted by Gasteiger charge is -2.29. The Balaban J connectivity index is 1.74. The summed E-state index contributed by atoms with van der Waals surface area (Å²) in [6, 6.07) is 20.8. The second-order valence-electron chi connectivity index (χ2n) is 7.75. The summed E-state index contributed by atoms with van der Waals surface area (Å²) in [5, 5.41) is 0.444. The molecule has 0 aromatic heterocycles. The zero-order valence-electron chi connectivity index (χ0n) is 17.3. The molecule has 1 atom stereocenters. The Kier molecular flexibility index (Phi) is 5.77. The molecule has 31 heavy (non-hydrogen) atoms. The molecule has 0 aliphatic carbocycles. The minimum absolute atomic E-state index is 0.0394. The molecule has 7 heteroatoms. The number of fused-ring (bicyclic) bond motifs is 1. The molecule has 0 fully saturated rings. The van der Waals surface area contributed by atoms with E-state index in [1.165, 1.54) is 28.6 Å². The van der Waals surface area contributed by atoms with Crippen LogP contribution in [-0.4, -0.2) is 26.9 Å². The normalized spacial score (nSPS) is 15.6. The van der Waals surface area contributed by atoms with Crippen molar-refractivity contribution in [3.05, 3.63) is 88.9 Å². The van der Waals surface area contributed by atoms with Gasteiger partial charge in [-0.15, -0.1) is 0 Å². The summed E-state index contributed by atoms with van der Waals surface area (Å²) < 4.78 is 28.3. The first-order valence-corrected chi connectivity index (χ1v) is 11.8. The highest BCUT2D eigenvalue weighted by molar-refractivity contribution is 7.92. The number of aryl methyl sites for hydroxylation is 1. The van der Waals surface area contributed by atoms with Crippen molar-refractivity contribution in [3.63, 3.8) is 0 Å². The first kappa shape index (κ1) is 21.4. The molecule has 0 radical (unpaired) electrons. The van der Waals surface area contributed by atoms with Crippen LogP contribution in [0.2, 0.25) is 5.02 Å². The van der Waals surface area contributed by atoms with Crippen molar-refractivity contribution < 1.29 is 13.2 Å². The van der Waals surface area contributed by atoms with E-state index in [1.807, 2.05) is 44.2 Å². The maximum atomic E-state index is 13.5. The molecule has 0 saturated carbocycles. The van der Waals surface area contributed by atoms with Gasteiger partial charge < -0.3 is 4.90 Å². The van der Waals surface area contributed by atoms with E-state index >= 15 is 0 Å². The lowest BCUT2D eigenvalue weighted by molar-refractivity contribution is -0.117. The van der Waals surface area contributed by atoms with Gasteiger partial charge in [0.1, 0.15) is 6.54 Å². The number of hydrogen-bond donors (Lipinski definition) is 0. The van der Waals surface area contributed by atoms with Gasteiger partial charge in [0.15, 0.2) is 0 Å². The molecule has 3 aromatic rings. The molecule has 160 valence electrons. The van der Waals surface area contributed by atoms with E-state index in [1.54, 1.807) is 23.1 Å². The third kappa shape index (κ3) is 4.18. The van der Waals surface area contributed by atoms with Crippen LogP contribution in [0.4, 0.5) is 11.4 Å². The van der Waals surface area contributed by atoms with Crippen molar-refractivity contribution in [2.24, 2.45) is 0 Å². The molecule has 0 bridgehead atoms. The summed E-state index contributed by atoms with van der Waals surface area (Å²) in [5.41, 5.74) is 3.28. The lowest BCUT2D eigenvalue weighted by atomic mass is 10.1. The van der Waals surface area contributed by atoms with Gasteiger partial charge in [0.05, 0.1) is 10.6 Å². The molecule has 3 aromatic carbocycles. The van der Waals surface area contributed by atoms with Crippen molar-refractivity contribution in [1.29, 1.82) is 0 Å². The van der Waals surface area contributed by atoms with Crippen molar-refractivity contribution in [2.75, 3.05) is 15.7 Å². The standard InChI is InChI=1S/C24H23ClN2O3S/c1-17-6-5-8-21(14-17)26(31(29,30)22-12-10-20(25)11-13-22)16-24(28)27-18(2)15-19-7-3-4-9-23(19)27/h3-14,18H,15-16H2,1-2H3/t18-/m1/s1. The summed E-state index contributed by atoms with van der Waals surface area (Å²) >= 11 is 5.94. The van der Waals surface area contributed by atoms with E-state index in [9.17, 15) is 13.2 Å². The fourth-order valence-electron chi connectivity index (χ4n) is 3.98. The highest BCUT2D eigenvalue weighted by Crippen LogP contribution is 2.33. The van der Waals surface area contributed by atoms with Gasteiger partial charge in [-0.25, -0.2) is 8.42 Å². The van der Waals surface area contributed by atoms with E-state index in [2.05, 4.69) is 0 Å². The zero-order valence-corrected chi connectivity index (χ0v) is 18.9. The number of sulfonamides is 1. The van der Waals surface area contributed by atoms with Gasteiger partial charge in [-0.1, -0.05) is 41.9 Å². The van der Waals surface area contributed by atoms with Gasteiger partial charge in [0, 0.05) is 16.8 Å². The Bertz CT molecular complexity index is 1230. The first-order chi connectivity index (χ1) is 14.8. The number of nitrogens with zero attached hydrogens (tertiary/aromatic N) is 2. The number of carbonyl (C=O) groups excluding carboxylic acids is 1. The maximum absolute atomic E-state index is 13.5. The van der Waals surface area contributed by atoms with Crippen LogP contribution in [0, 0.1) is 6.92 Å². The molecule has 1 heterocycles. The summed E-state index contributed by atoms with van der Waals surface area (Å²) in [5.74, 6) is -0.267. The maximum Gasteiger partial charge on any atom is 0.264 e. The minimum Gasteiger partial charge on any atom is -0.307 e. The number of amides is 1. The van der Waals surface area contributed by atoms with Crippen LogP contribution in [0.5, 0.6) is 0 Å². The molecular formula is C24H23ClN2O3S. The van der Waals surface area contributed by atoms with Gasteiger partial charge in [0.2, 0.25) is 5.91 Å². The fraction of sp³-hybridized carbons (Fsp3) is 0.208. The molecule has 1 aliphatic rings. The molecule has 0 unspecified atom stereocenters. The van der Waals surface area contributed by atoms with Crippen molar-refractivity contribution in [3.8, 4) is 0 Å². The third-order valence-electron chi connectivity index (χ3n) is 5.45. The Morgan fingerprint density at radius 2 is 1.77 bits per heavy atom. The number of rotatable bonds is 5. The van der Waals surface area contributed by atoms with Gasteiger partial charge in [0.25, 0.3) is 10.0 Å². The number of anilines is 2. The van der Waals surface area contributed by atoms with Crippen LogP contribution in [0.15, 0.2) is 77.7 Å². The number of benzene rings is 3. The average molecular weight is 455 g/mol. The molecular weight excluding hydrogens is 432 g/mol. The predicted molar refractivity (Wildman–Crippen MR) is 124 cm³/mol. The van der Waals surface area contributed by atoms with Crippen LogP contribution in [-0.2, 0) is 21.2 Å². The van der Waals surface area contributed by atoms with E-state index in [0.29, 0.717) is 10.7 Å². The van der Waals surface area contributed by atoms with Gasteiger partial charge >= 0.3 is 0 Å². The van der Waals surface area contributed by atoms with Crippen LogP contribution in [0.1, 0.15) is 18.1 Å². The zero-order chi connectivity index (χ0) is 22.2. The van der Waals surface area contributed by atoms with Crippen LogP contribution >= 0.6 is 11.6 Å². The Hall–Kier alpha value is -2.83. The highest BCUT2D eigenvalue weighted by atomic mass is 35.5. The predicted octanol–water partition coefficient (Wildman–Crippen LogP) is 4.82. The summed E-state index contributed by atoms with van der Waals surface area (Å²) in [4.78, 5) is 15.2. The van der Waals surface area contributed by atoms with Gasteiger partial charge in [-0.2, -0.15) is 0 Å². The summed E-state index contributed by atoms with van der Waals surface area (Å²) in [7, 11) is -3.98. The highest BCUT2D eigenvalue weighted by Gasteiger charge is 2.34. The molecule has 1 aliphatic heterocycles. The minimum atomic E-state index is -3.98. The molecule has 4 rings (SSSR count). The number of para-hydroxylation sites is 1. The average Bonchev–Trinajstić information content (AvgIpc) is 3.07. The molecule has 0 spiro atoms. The Labute approximate surface area is 187 Å².